The normalized spacial score (nSPS) is 19.6. The van der Waals surface area contributed by atoms with Gasteiger partial charge < -0.3 is 20.3 Å². The minimum atomic E-state index is -0.377. The molecular formula is C18H23N3O4. The van der Waals surface area contributed by atoms with Gasteiger partial charge in [-0.3, -0.25) is 14.4 Å². The number of nitrogens with one attached hydrogen (secondary N) is 2. The second-order valence-corrected chi connectivity index (χ2v) is 6.46. The number of hydrogen-bond donors (Lipinski definition) is 2. The van der Waals surface area contributed by atoms with Crippen LogP contribution in [0.4, 0.5) is 5.69 Å². The molecule has 7 heteroatoms. The molecule has 25 heavy (non-hydrogen) atoms. The lowest BCUT2D eigenvalue weighted by atomic mass is 10.1. The number of ether oxygens (including phenoxy) is 1. The lowest BCUT2D eigenvalue weighted by molar-refractivity contribution is -0.126. The molecule has 0 spiro atoms. The van der Waals surface area contributed by atoms with Crippen LogP contribution in [0.2, 0.25) is 0 Å². The van der Waals surface area contributed by atoms with E-state index in [1.54, 1.807) is 18.1 Å². The predicted molar refractivity (Wildman–Crippen MR) is 92.2 cm³/mol. The summed E-state index contributed by atoms with van der Waals surface area (Å²) in [5.41, 5.74) is 0.733. The third kappa shape index (κ3) is 4.29. The average molecular weight is 345 g/mol. The van der Waals surface area contributed by atoms with E-state index in [0.717, 1.165) is 18.5 Å². The summed E-state index contributed by atoms with van der Waals surface area (Å²) in [6.07, 6.45) is 2.11. The first-order chi connectivity index (χ1) is 12.1. The smallest absolute Gasteiger partial charge is 0.227 e. The molecule has 1 saturated carbocycles. The van der Waals surface area contributed by atoms with Crippen molar-refractivity contribution in [2.45, 2.75) is 19.3 Å². The van der Waals surface area contributed by atoms with Crippen LogP contribution in [0.3, 0.4) is 0 Å². The van der Waals surface area contributed by atoms with Gasteiger partial charge in [-0.05, 0) is 25.0 Å². The number of nitrogens with zero attached hydrogens (tertiary/aromatic N) is 1. The Morgan fingerprint density at radius 2 is 1.84 bits per heavy atom. The summed E-state index contributed by atoms with van der Waals surface area (Å²) >= 11 is 0. The van der Waals surface area contributed by atoms with Gasteiger partial charge in [0.25, 0.3) is 0 Å². The molecule has 3 amide bonds. The second-order valence-electron chi connectivity index (χ2n) is 6.46. The fourth-order valence-corrected chi connectivity index (χ4v) is 2.92. The molecule has 1 aliphatic heterocycles. The van der Waals surface area contributed by atoms with Crippen molar-refractivity contribution < 1.29 is 19.1 Å². The highest BCUT2D eigenvalue weighted by Crippen LogP contribution is 2.29. The molecule has 0 aromatic heterocycles. The zero-order valence-corrected chi connectivity index (χ0v) is 14.3. The fourth-order valence-electron chi connectivity index (χ4n) is 2.92. The van der Waals surface area contributed by atoms with Gasteiger partial charge in [-0.15, -0.1) is 0 Å². The highest BCUT2D eigenvalue weighted by Gasteiger charge is 2.35. The molecule has 1 aromatic rings. The molecule has 1 heterocycles. The summed E-state index contributed by atoms with van der Waals surface area (Å²) in [5, 5.41) is 5.60. The van der Waals surface area contributed by atoms with Crippen LogP contribution >= 0.6 is 0 Å². The van der Waals surface area contributed by atoms with E-state index in [9.17, 15) is 14.4 Å². The lowest BCUT2D eigenvalue weighted by Crippen LogP contribution is -2.38. The van der Waals surface area contributed by atoms with Crippen molar-refractivity contribution in [3.05, 3.63) is 24.3 Å². The number of methoxy groups -OCH3 is 1. The highest BCUT2D eigenvalue weighted by molar-refractivity contribution is 6.00. The maximum atomic E-state index is 12.3. The summed E-state index contributed by atoms with van der Waals surface area (Å²) in [6.45, 7) is 1.15. The van der Waals surface area contributed by atoms with Crippen molar-refractivity contribution >= 4 is 23.4 Å². The van der Waals surface area contributed by atoms with Gasteiger partial charge in [0.05, 0.1) is 13.0 Å². The Labute approximate surface area is 146 Å². The van der Waals surface area contributed by atoms with E-state index in [4.69, 9.17) is 4.74 Å². The fraction of sp³-hybridized carbons (Fsp3) is 0.500. The molecule has 7 nitrogen and oxygen atoms in total. The van der Waals surface area contributed by atoms with E-state index in [2.05, 4.69) is 10.6 Å². The first-order valence-corrected chi connectivity index (χ1v) is 8.58. The maximum Gasteiger partial charge on any atom is 0.227 e. The van der Waals surface area contributed by atoms with Crippen LogP contribution in [0.25, 0.3) is 0 Å². The second kappa shape index (κ2) is 7.55. The Balaban J connectivity index is 1.47. The number of amides is 3. The van der Waals surface area contributed by atoms with Crippen LogP contribution in [0.5, 0.6) is 5.75 Å². The van der Waals surface area contributed by atoms with Gasteiger partial charge in [0, 0.05) is 43.7 Å². The standard InChI is InChI=1S/C18H23N3O4/c1-25-15-4-2-3-14(10-15)21-11-13(9-16(21)22)18(24)20-8-7-19-17(23)12-5-6-12/h2-4,10,12-13H,5-9,11H2,1H3,(H,19,23)(H,20,24)/t13-/m1/s1. The number of benzene rings is 1. The number of anilines is 1. The summed E-state index contributed by atoms with van der Waals surface area (Å²) in [4.78, 5) is 37.6. The monoisotopic (exact) mass is 345 g/mol. The van der Waals surface area contributed by atoms with Crippen molar-refractivity contribution in [3.63, 3.8) is 0 Å². The van der Waals surface area contributed by atoms with Crippen LogP contribution < -0.4 is 20.3 Å². The minimum absolute atomic E-state index is 0.0643. The third-order valence-electron chi connectivity index (χ3n) is 4.53. The Morgan fingerprint density at radius 1 is 1.16 bits per heavy atom. The van der Waals surface area contributed by atoms with Crippen molar-refractivity contribution in [2.24, 2.45) is 11.8 Å². The predicted octanol–water partition coefficient (Wildman–Crippen LogP) is 0.690. The average Bonchev–Trinajstić information content (AvgIpc) is 3.40. The van der Waals surface area contributed by atoms with Crippen LogP contribution in [0.15, 0.2) is 24.3 Å². The molecule has 3 rings (SSSR count). The van der Waals surface area contributed by atoms with E-state index >= 15 is 0 Å². The zero-order chi connectivity index (χ0) is 17.8. The quantitative estimate of drug-likeness (QED) is 0.712. The largest absolute Gasteiger partial charge is 0.497 e. The Bertz CT molecular complexity index is 672. The molecule has 134 valence electrons. The van der Waals surface area contributed by atoms with Crippen LogP contribution in [0, 0.1) is 11.8 Å². The first kappa shape index (κ1) is 17.3. The summed E-state index contributed by atoms with van der Waals surface area (Å²) in [5.74, 6) is 0.298. The zero-order valence-electron chi connectivity index (χ0n) is 14.3. The Morgan fingerprint density at radius 3 is 2.48 bits per heavy atom. The molecule has 2 fully saturated rings. The molecule has 0 unspecified atom stereocenters. The van der Waals surface area contributed by atoms with Crippen LogP contribution in [-0.4, -0.2) is 44.5 Å². The number of rotatable bonds is 7. The van der Waals surface area contributed by atoms with Gasteiger partial charge in [-0.25, -0.2) is 0 Å². The van der Waals surface area contributed by atoms with E-state index in [0.29, 0.717) is 25.4 Å². The topological polar surface area (TPSA) is 87.7 Å². The summed E-state index contributed by atoms with van der Waals surface area (Å²) in [7, 11) is 1.57. The maximum absolute atomic E-state index is 12.3. The highest BCUT2D eigenvalue weighted by atomic mass is 16.5. The van der Waals surface area contributed by atoms with Gasteiger partial charge in [0.2, 0.25) is 17.7 Å². The van der Waals surface area contributed by atoms with Crippen molar-refractivity contribution in [3.8, 4) is 5.75 Å². The SMILES string of the molecule is COc1cccc(N2C[C@H](C(=O)NCCNC(=O)C3CC3)CC2=O)c1. The van der Waals surface area contributed by atoms with Gasteiger partial charge in [-0.1, -0.05) is 6.07 Å². The molecule has 0 radical (unpaired) electrons. The van der Waals surface area contributed by atoms with Crippen LogP contribution in [0.1, 0.15) is 19.3 Å². The van der Waals surface area contributed by atoms with E-state index in [1.807, 2.05) is 18.2 Å². The summed E-state index contributed by atoms with van der Waals surface area (Å²) in [6, 6.07) is 7.24. The first-order valence-electron chi connectivity index (χ1n) is 8.58. The molecule has 2 aliphatic rings. The Hall–Kier alpha value is -2.57. The Kier molecular flexibility index (Phi) is 5.21. The number of carbonyl (C=O) groups is 3. The number of hydrogen-bond acceptors (Lipinski definition) is 4. The van der Waals surface area contributed by atoms with Crippen molar-refractivity contribution in [2.75, 3.05) is 31.6 Å². The molecule has 2 N–H and O–H groups in total. The van der Waals surface area contributed by atoms with E-state index in [1.165, 1.54) is 0 Å². The van der Waals surface area contributed by atoms with Gasteiger partial charge in [0.15, 0.2) is 0 Å². The molecule has 1 aliphatic carbocycles. The van der Waals surface area contributed by atoms with Crippen molar-refractivity contribution in [1.82, 2.24) is 10.6 Å². The minimum Gasteiger partial charge on any atom is -0.497 e. The number of carbonyl (C=O) groups excluding carboxylic acids is 3. The summed E-state index contributed by atoms with van der Waals surface area (Å²) < 4.78 is 5.18. The molecular weight excluding hydrogens is 322 g/mol. The molecule has 0 bridgehead atoms. The molecule has 1 saturated heterocycles. The third-order valence-corrected chi connectivity index (χ3v) is 4.53. The van der Waals surface area contributed by atoms with E-state index < -0.39 is 0 Å². The van der Waals surface area contributed by atoms with Gasteiger partial charge in [-0.2, -0.15) is 0 Å². The van der Waals surface area contributed by atoms with E-state index in [-0.39, 0.29) is 36.0 Å². The van der Waals surface area contributed by atoms with Crippen LogP contribution in [-0.2, 0) is 14.4 Å². The van der Waals surface area contributed by atoms with Gasteiger partial charge >= 0.3 is 0 Å². The molecule has 1 aromatic carbocycles. The lowest BCUT2D eigenvalue weighted by Gasteiger charge is -2.17. The molecule has 1 atom stereocenters. The van der Waals surface area contributed by atoms with Gasteiger partial charge in [0.1, 0.15) is 5.75 Å². The van der Waals surface area contributed by atoms with Crippen molar-refractivity contribution in [1.29, 1.82) is 0 Å².